The SMILES string of the molecule is CNCC(O)c1cc(F)c(OC)cc1COC. The lowest BCUT2D eigenvalue weighted by Gasteiger charge is -2.16. The van der Waals surface area contributed by atoms with Gasteiger partial charge >= 0.3 is 0 Å². The van der Waals surface area contributed by atoms with Crippen LogP contribution in [0.15, 0.2) is 12.1 Å². The zero-order valence-electron chi connectivity index (χ0n) is 10.3. The molecular formula is C12H18FNO3. The van der Waals surface area contributed by atoms with Gasteiger partial charge in [0.05, 0.1) is 19.8 Å². The number of aliphatic hydroxyl groups is 1. The van der Waals surface area contributed by atoms with Crippen LogP contribution in [0.1, 0.15) is 17.2 Å². The number of benzene rings is 1. The number of nitrogens with one attached hydrogen (secondary N) is 1. The summed E-state index contributed by atoms with van der Waals surface area (Å²) < 4.78 is 23.5. The van der Waals surface area contributed by atoms with Crippen LogP contribution in [0.2, 0.25) is 0 Å². The molecule has 0 aliphatic carbocycles. The van der Waals surface area contributed by atoms with Gasteiger partial charge in [-0.05, 0) is 30.3 Å². The van der Waals surface area contributed by atoms with Gasteiger partial charge in [0.15, 0.2) is 11.6 Å². The maximum Gasteiger partial charge on any atom is 0.165 e. The van der Waals surface area contributed by atoms with Crippen molar-refractivity contribution in [1.82, 2.24) is 5.32 Å². The number of hydrogen-bond acceptors (Lipinski definition) is 4. The summed E-state index contributed by atoms with van der Waals surface area (Å²) in [5.74, 6) is -0.338. The Hall–Kier alpha value is -1.17. The Bertz CT molecular complexity index is 371. The molecule has 0 spiro atoms. The topological polar surface area (TPSA) is 50.7 Å². The molecule has 5 heteroatoms. The van der Waals surface area contributed by atoms with E-state index in [4.69, 9.17) is 9.47 Å². The third kappa shape index (κ3) is 3.39. The minimum absolute atomic E-state index is 0.150. The van der Waals surface area contributed by atoms with Gasteiger partial charge in [0, 0.05) is 13.7 Å². The Morgan fingerprint density at radius 2 is 2.12 bits per heavy atom. The molecule has 1 unspecified atom stereocenters. The Morgan fingerprint density at radius 3 is 2.65 bits per heavy atom. The second-order valence-electron chi connectivity index (χ2n) is 3.69. The van der Waals surface area contributed by atoms with E-state index in [1.165, 1.54) is 13.2 Å². The average molecular weight is 243 g/mol. The van der Waals surface area contributed by atoms with Crippen molar-refractivity contribution in [2.24, 2.45) is 0 Å². The van der Waals surface area contributed by atoms with Crippen molar-refractivity contribution in [1.29, 1.82) is 0 Å². The summed E-state index contributed by atoms with van der Waals surface area (Å²) in [6.45, 7) is 0.648. The number of halogens is 1. The van der Waals surface area contributed by atoms with Gasteiger partial charge in [0.25, 0.3) is 0 Å². The largest absolute Gasteiger partial charge is 0.494 e. The summed E-state index contributed by atoms with van der Waals surface area (Å²) in [5, 5.41) is 12.7. The molecule has 0 aromatic heterocycles. The highest BCUT2D eigenvalue weighted by molar-refractivity contribution is 5.38. The summed E-state index contributed by atoms with van der Waals surface area (Å²) in [4.78, 5) is 0. The van der Waals surface area contributed by atoms with E-state index in [-0.39, 0.29) is 5.75 Å². The molecule has 96 valence electrons. The quantitative estimate of drug-likeness (QED) is 0.789. The predicted octanol–water partition coefficient (Wildman–Crippen LogP) is 1.23. The molecule has 1 aromatic rings. The summed E-state index contributed by atoms with van der Waals surface area (Å²) in [6.07, 6.45) is -0.773. The zero-order valence-corrected chi connectivity index (χ0v) is 10.3. The van der Waals surface area contributed by atoms with E-state index in [0.29, 0.717) is 24.3 Å². The lowest BCUT2D eigenvalue weighted by Crippen LogP contribution is -2.18. The third-order valence-corrected chi connectivity index (χ3v) is 2.47. The minimum atomic E-state index is -0.773. The van der Waals surface area contributed by atoms with Crippen molar-refractivity contribution in [3.8, 4) is 5.75 Å². The molecule has 0 saturated heterocycles. The van der Waals surface area contributed by atoms with E-state index in [9.17, 15) is 9.50 Å². The number of rotatable bonds is 6. The maximum atomic E-state index is 13.6. The molecule has 4 nitrogen and oxygen atoms in total. The van der Waals surface area contributed by atoms with E-state index in [1.54, 1.807) is 20.2 Å². The minimum Gasteiger partial charge on any atom is -0.494 e. The zero-order chi connectivity index (χ0) is 12.8. The van der Waals surface area contributed by atoms with Crippen molar-refractivity contribution < 1.29 is 19.0 Å². The molecule has 0 bridgehead atoms. The number of aliphatic hydroxyl groups excluding tert-OH is 1. The van der Waals surface area contributed by atoms with E-state index in [0.717, 1.165) is 0 Å². The Morgan fingerprint density at radius 1 is 1.41 bits per heavy atom. The summed E-state index contributed by atoms with van der Waals surface area (Å²) in [7, 11) is 4.67. The highest BCUT2D eigenvalue weighted by atomic mass is 19.1. The number of ether oxygens (including phenoxy) is 2. The summed E-state index contributed by atoms with van der Waals surface area (Å²) in [5.41, 5.74) is 1.23. The van der Waals surface area contributed by atoms with Crippen LogP contribution in [0, 0.1) is 5.82 Å². The molecule has 1 aromatic carbocycles. The van der Waals surface area contributed by atoms with Crippen molar-refractivity contribution in [2.45, 2.75) is 12.7 Å². The molecule has 0 fully saturated rings. The fourth-order valence-corrected chi connectivity index (χ4v) is 1.66. The van der Waals surface area contributed by atoms with E-state index in [2.05, 4.69) is 5.32 Å². The van der Waals surface area contributed by atoms with E-state index >= 15 is 0 Å². The van der Waals surface area contributed by atoms with Crippen LogP contribution in [0.3, 0.4) is 0 Å². The summed E-state index contributed by atoms with van der Waals surface area (Å²) in [6, 6.07) is 2.84. The van der Waals surface area contributed by atoms with Crippen LogP contribution in [0.5, 0.6) is 5.75 Å². The van der Waals surface area contributed by atoms with Gasteiger partial charge in [-0.3, -0.25) is 0 Å². The second kappa shape index (κ2) is 6.54. The van der Waals surface area contributed by atoms with Crippen LogP contribution in [-0.2, 0) is 11.3 Å². The molecule has 0 radical (unpaired) electrons. The normalized spacial score (nSPS) is 12.5. The first-order chi connectivity index (χ1) is 8.13. The molecular weight excluding hydrogens is 225 g/mol. The molecule has 0 amide bonds. The molecule has 1 atom stereocenters. The lowest BCUT2D eigenvalue weighted by molar-refractivity contribution is 0.160. The van der Waals surface area contributed by atoms with Crippen molar-refractivity contribution in [3.05, 3.63) is 29.1 Å². The Balaban J connectivity index is 3.12. The van der Waals surface area contributed by atoms with Gasteiger partial charge in [-0.1, -0.05) is 0 Å². The second-order valence-corrected chi connectivity index (χ2v) is 3.69. The van der Waals surface area contributed by atoms with Gasteiger partial charge in [-0.25, -0.2) is 4.39 Å². The predicted molar refractivity (Wildman–Crippen MR) is 62.6 cm³/mol. The fourth-order valence-electron chi connectivity index (χ4n) is 1.66. The number of likely N-dealkylation sites (N-methyl/N-ethyl adjacent to an activating group) is 1. The van der Waals surface area contributed by atoms with Gasteiger partial charge in [0.2, 0.25) is 0 Å². The van der Waals surface area contributed by atoms with Gasteiger partial charge in [-0.2, -0.15) is 0 Å². The highest BCUT2D eigenvalue weighted by Gasteiger charge is 2.16. The Kier molecular flexibility index (Phi) is 5.34. The monoisotopic (exact) mass is 243 g/mol. The van der Waals surface area contributed by atoms with Crippen LogP contribution < -0.4 is 10.1 Å². The van der Waals surface area contributed by atoms with Crippen molar-refractivity contribution in [3.63, 3.8) is 0 Å². The molecule has 0 heterocycles. The molecule has 1 rings (SSSR count). The first-order valence-corrected chi connectivity index (χ1v) is 5.32. The van der Waals surface area contributed by atoms with Crippen LogP contribution >= 0.6 is 0 Å². The van der Waals surface area contributed by atoms with Crippen LogP contribution in [-0.4, -0.2) is 32.9 Å². The van der Waals surface area contributed by atoms with Crippen LogP contribution in [0.25, 0.3) is 0 Å². The molecule has 17 heavy (non-hydrogen) atoms. The maximum absolute atomic E-state index is 13.6. The fraction of sp³-hybridized carbons (Fsp3) is 0.500. The highest BCUT2D eigenvalue weighted by Crippen LogP contribution is 2.26. The average Bonchev–Trinajstić information content (AvgIpc) is 2.31. The molecule has 0 aliphatic rings. The van der Waals surface area contributed by atoms with Gasteiger partial charge in [0.1, 0.15) is 0 Å². The molecule has 0 saturated carbocycles. The smallest absolute Gasteiger partial charge is 0.165 e. The Labute approximate surface area is 100 Å². The lowest BCUT2D eigenvalue weighted by atomic mass is 10.0. The molecule has 0 aliphatic heterocycles. The van der Waals surface area contributed by atoms with Gasteiger partial charge in [-0.15, -0.1) is 0 Å². The number of hydrogen-bond donors (Lipinski definition) is 2. The van der Waals surface area contributed by atoms with Crippen molar-refractivity contribution >= 4 is 0 Å². The molecule has 2 N–H and O–H groups in total. The van der Waals surface area contributed by atoms with E-state index in [1.807, 2.05) is 0 Å². The van der Waals surface area contributed by atoms with E-state index < -0.39 is 11.9 Å². The summed E-state index contributed by atoms with van der Waals surface area (Å²) >= 11 is 0. The van der Waals surface area contributed by atoms with Crippen LogP contribution in [0.4, 0.5) is 4.39 Å². The first kappa shape index (κ1) is 13.9. The van der Waals surface area contributed by atoms with Gasteiger partial charge < -0.3 is 19.9 Å². The third-order valence-electron chi connectivity index (χ3n) is 2.47. The van der Waals surface area contributed by atoms with Crippen molar-refractivity contribution in [2.75, 3.05) is 27.8 Å². The first-order valence-electron chi connectivity index (χ1n) is 5.32. The standard InChI is InChI=1S/C12H18FNO3/c1-14-6-11(15)9-5-10(13)12(17-3)4-8(9)7-16-2/h4-5,11,14-15H,6-7H2,1-3H3. The number of methoxy groups -OCH3 is 2.